The summed E-state index contributed by atoms with van der Waals surface area (Å²) < 4.78 is 0. The summed E-state index contributed by atoms with van der Waals surface area (Å²) in [5.74, 6) is 0.794. The van der Waals surface area contributed by atoms with E-state index in [0.717, 1.165) is 5.82 Å². The fourth-order valence-corrected chi connectivity index (χ4v) is 1.07. The van der Waals surface area contributed by atoms with Gasteiger partial charge in [0.15, 0.2) is 0 Å². The number of hydrogen-bond acceptors (Lipinski definition) is 4. The minimum atomic E-state index is 0.283. The SMILES string of the molecule is NC(=S)c1cnc(NC2CC2)cn1. The van der Waals surface area contributed by atoms with Crippen LogP contribution in [-0.2, 0) is 0 Å². The molecule has 0 spiro atoms. The molecule has 0 unspecified atom stereocenters. The Labute approximate surface area is 81.6 Å². The Morgan fingerprint density at radius 2 is 2.23 bits per heavy atom. The zero-order valence-electron chi connectivity index (χ0n) is 7.03. The minimum absolute atomic E-state index is 0.283. The van der Waals surface area contributed by atoms with E-state index in [0.29, 0.717) is 11.7 Å². The number of anilines is 1. The zero-order valence-corrected chi connectivity index (χ0v) is 7.84. The smallest absolute Gasteiger partial charge is 0.144 e. The van der Waals surface area contributed by atoms with Crippen molar-refractivity contribution in [1.82, 2.24) is 9.97 Å². The molecule has 5 heteroatoms. The molecule has 13 heavy (non-hydrogen) atoms. The minimum Gasteiger partial charge on any atom is -0.388 e. The topological polar surface area (TPSA) is 63.8 Å². The Morgan fingerprint density at radius 3 is 2.69 bits per heavy atom. The second-order valence-electron chi connectivity index (χ2n) is 3.07. The number of nitrogens with two attached hydrogens (primary N) is 1. The zero-order chi connectivity index (χ0) is 9.26. The van der Waals surface area contributed by atoms with E-state index in [1.807, 2.05) is 0 Å². The fourth-order valence-electron chi connectivity index (χ4n) is 0.967. The molecule has 1 aliphatic carbocycles. The van der Waals surface area contributed by atoms with Crippen LogP contribution in [0.15, 0.2) is 12.4 Å². The van der Waals surface area contributed by atoms with E-state index in [2.05, 4.69) is 15.3 Å². The molecular weight excluding hydrogens is 184 g/mol. The van der Waals surface area contributed by atoms with E-state index in [1.54, 1.807) is 12.4 Å². The largest absolute Gasteiger partial charge is 0.388 e. The fraction of sp³-hybridized carbons (Fsp3) is 0.375. The maximum absolute atomic E-state index is 5.39. The van der Waals surface area contributed by atoms with Crippen LogP contribution in [0.4, 0.5) is 5.82 Å². The molecule has 0 saturated heterocycles. The van der Waals surface area contributed by atoms with Crippen molar-refractivity contribution < 1.29 is 0 Å². The number of nitrogens with one attached hydrogen (secondary N) is 1. The third-order valence-electron chi connectivity index (χ3n) is 1.83. The lowest BCUT2D eigenvalue weighted by Crippen LogP contribution is -2.12. The highest BCUT2D eigenvalue weighted by atomic mass is 32.1. The van der Waals surface area contributed by atoms with Gasteiger partial charge in [-0.2, -0.15) is 0 Å². The van der Waals surface area contributed by atoms with E-state index in [9.17, 15) is 0 Å². The van der Waals surface area contributed by atoms with E-state index < -0.39 is 0 Å². The van der Waals surface area contributed by atoms with Crippen LogP contribution in [0.5, 0.6) is 0 Å². The number of hydrogen-bond donors (Lipinski definition) is 2. The molecule has 0 radical (unpaired) electrons. The van der Waals surface area contributed by atoms with Gasteiger partial charge in [-0.3, -0.25) is 0 Å². The van der Waals surface area contributed by atoms with Crippen LogP contribution in [0.25, 0.3) is 0 Å². The molecule has 1 fully saturated rings. The van der Waals surface area contributed by atoms with E-state index >= 15 is 0 Å². The highest BCUT2D eigenvalue weighted by molar-refractivity contribution is 7.80. The Hall–Kier alpha value is -1.23. The molecule has 0 aromatic carbocycles. The van der Waals surface area contributed by atoms with E-state index in [4.69, 9.17) is 18.0 Å². The maximum Gasteiger partial charge on any atom is 0.144 e. The lowest BCUT2D eigenvalue weighted by molar-refractivity contribution is 1.08. The molecule has 0 bridgehead atoms. The molecule has 0 aliphatic heterocycles. The summed E-state index contributed by atoms with van der Waals surface area (Å²) in [5.41, 5.74) is 5.95. The van der Waals surface area contributed by atoms with Crippen molar-refractivity contribution in [3.63, 3.8) is 0 Å². The molecule has 0 amide bonds. The summed E-state index contributed by atoms with van der Waals surface area (Å²) in [6.45, 7) is 0. The number of thiocarbonyl (C=S) groups is 1. The quantitative estimate of drug-likeness (QED) is 0.693. The van der Waals surface area contributed by atoms with Crippen molar-refractivity contribution in [2.45, 2.75) is 18.9 Å². The molecule has 1 heterocycles. The van der Waals surface area contributed by atoms with Gasteiger partial charge in [0.1, 0.15) is 16.5 Å². The molecule has 4 nitrogen and oxygen atoms in total. The van der Waals surface area contributed by atoms with Crippen molar-refractivity contribution in [3.8, 4) is 0 Å². The summed E-state index contributed by atoms with van der Waals surface area (Å²) in [5, 5.41) is 3.22. The van der Waals surface area contributed by atoms with Crippen molar-refractivity contribution >= 4 is 23.0 Å². The lowest BCUT2D eigenvalue weighted by Gasteiger charge is -2.02. The van der Waals surface area contributed by atoms with Crippen LogP contribution in [0, 0.1) is 0 Å². The first-order chi connectivity index (χ1) is 6.25. The first-order valence-corrected chi connectivity index (χ1v) is 4.55. The van der Waals surface area contributed by atoms with Gasteiger partial charge in [-0.1, -0.05) is 12.2 Å². The molecule has 68 valence electrons. The normalized spacial score (nSPS) is 15.4. The Morgan fingerprint density at radius 1 is 1.46 bits per heavy atom. The second kappa shape index (κ2) is 3.26. The summed E-state index contributed by atoms with van der Waals surface area (Å²) in [4.78, 5) is 8.49. The molecule has 3 N–H and O–H groups in total. The highest BCUT2D eigenvalue weighted by Crippen LogP contribution is 2.22. The van der Waals surface area contributed by atoms with Gasteiger partial charge in [0.25, 0.3) is 0 Å². The van der Waals surface area contributed by atoms with Gasteiger partial charge in [-0.25, -0.2) is 9.97 Å². The van der Waals surface area contributed by atoms with Crippen molar-refractivity contribution in [1.29, 1.82) is 0 Å². The molecule has 2 rings (SSSR count). The van der Waals surface area contributed by atoms with Crippen LogP contribution >= 0.6 is 12.2 Å². The molecule has 0 atom stereocenters. The number of rotatable bonds is 3. The molecule has 1 aromatic heterocycles. The van der Waals surface area contributed by atoms with Crippen LogP contribution in [0.3, 0.4) is 0 Å². The predicted octanol–water partition coefficient (Wildman–Crippen LogP) is 0.685. The van der Waals surface area contributed by atoms with Crippen LogP contribution in [0.1, 0.15) is 18.5 Å². The average Bonchev–Trinajstić information content (AvgIpc) is 2.89. The first-order valence-electron chi connectivity index (χ1n) is 4.14. The predicted molar refractivity (Wildman–Crippen MR) is 54.6 cm³/mol. The van der Waals surface area contributed by atoms with Gasteiger partial charge in [-0.15, -0.1) is 0 Å². The number of aromatic nitrogens is 2. The number of nitrogens with zero attached hydrogens (tertiary/aromatic N) is 2. The van der Waals surface area contributed by atoms with E-state index in [1.165, 1.54) is 12.8 Å². The monoisotopic (exact) mass is 194 g/mol. The molecule has 1 aliphatic rings. The maximum atomic E-state index is 5.39. The average molecular weight is 194 g/mol. The van der Waals surface area contributed by atoms with Gasteiger partial charge >= 0.3 is 0 Å². The van der Waals surface area contributed by atoms with Gasteiger partial charge in [0.05, 0.1) is 12.4 Å². The van der Waals surface area contributed by atoms with Crippen LogP contribution in [-0.4, -0.2) is 21.0 Å². The highest BCUT2D eigenvalue weighted by Gasteiger charge is 2.21. The van der Waals surface area contributed by atoms with Gasteiger partial charge in [0.2, 0.25) is 0 Å². The molecule has 1 saturated carbocycles. The third-order valence-corrected chi connectivity index (χ3v) is 2.04. The van der Waals surface area contributed by atoms with Crippen molar-refractivity contribution in [2.75, 3.05) is 5.32 Å². The summed E-state index contributed by atoms with van der Waals surface area (Å²) in [6, 6.07) is 0.588. The van der Waals surface area contributed by atoms with Crippen molar-refractivity contribution in [3.05, 3.63) is 18.1 Å². The first kappa shape index (κ1) is 8.37. The Kier molecular flexibility index (Phi) is 2.10. The second-order valence-corrected chi connectivity index (χ2v) is 3.51. The molecule has 1 aromatic rings. The van der Waals surface area contributed by atoms with Gasteiger partial charge in [-0.05, 0) is 12.8 Å². The molecular formula is C8H10N4S. The summed E-state index contributed by atoms with van der Waals surface area (Å²) in [7, 11) is 0. The Bertz CT molecular complexity index is 317. The Balaban J connectivity index is 2.08. The summed E-state index contributed by atoms with van der Waals surface area (Å²) in [6.07, 6.45) is 5.69. The lowest BCUT2D eigenvalue weighted by atomic mass is 10.4. The van der Waals surface area contributed by atoms with Gasteiger partial charge in [0, 0.05) is 6.04 Å². The third kappa shape index (κ3) is 2.12. The van der Waals surface area contributed by atoms with Gasteiger partial charge < -0.3 is 11.1 Å². The van der Waals surface area contributed by atoms with Crippen LogP contribution < -0.4 is 11.1 Å². The summed E-state index contributed by atoms with van der Waals surface area (Å²) >= 11 is 4.76. The van der Waals surface area contributed by atoms with Crippen LogP contribution in [0.2, 0.25) is 0 Å². The van der Waals surface area contributed by atoms with Crippen molar-refractivity contribution in [2.24, 2.45) is 5.73 Å². The van der Waals surface area contributed by atoms with E-state index in [-0.39, 0.29) is 4.99 Å². The standard InChI is InChI=1S/C8H10N4S/c9-8(13)6-3-11-7(4-10-6)12-5-1-2-5/h3-5H,1-2H2,(H2,9,13)(H,11,12).